The molecule has 0 bridgehead atoms. The molecule has 0 radical (unpaired) electrons. The number of thioether (sulfide) groups is 1. The third kappa shape index (κ3) is 5.16. The number of nitrogens with one attached hydrogen (secondary N) is 1. The topological polar surface area (TPSA) is 81.1 Å². The number of para-hydroxylation sites is 1. The quantitative estimate of drug-likeness (QED) is 0.330. The SMILES string of the molecule is Cc1c(Cl)cccc1-n1c(SCC(=O)NC(=O)Cc2ccccc2)nc2ccccc2c1=O. The Morgan fingerprint density at radius 3 is 2.48 bits per heavy atom. The Morgan fingerprint density at radius 1 is 0.970 bits per heavy atom. The largest absolute Gasteiger partial charge is 0.295 e. The van der Waals surface area contributed by atoms with E-state index in [2.05, 4.69) is 10.3 Å². The average molecular weight is 478 g/mol. The molecule has 0 saturated carbocycles. The lowest BCUT2D eigenvalue weighted by Crippen LogP contribution is -2.33. The fourth-order valence-corrected chi connectivity index (χ4v) is 4.38. The van der Waals surface area contributed by atoms with Gasteiger partial charge in [0.2, 0.25) is 11.8 Å². The van der Waals surface area contributed by atoms with Crippen molar-refractivity contribution in [3.05, 3.63) is 99.3 Å². The molecule has 0 aliphatic heterocycles. The van der Waals surface area contributed by atoms with Gasteiger partial charge in [0.1, 0.15) is 0 Å². The fourth-order valence-electron chi connectivity index (χ4n) is 3.41. The Balaban J connectivity index is 1.60. The maximum Gasteiger partial charge on any atom is 0.266 e. The van der Waals surface area contributed by atoms with Gasteiger partial charge in [-0.2, -0.15) is 0 Å². The molecule has 0 aliphatic carbocycles. The first-order chi connectivity index (χ1) is 15.9. The van der Waals surface area contributed by atoms with E-state index in [-0.39, 0.29) is 23.6 Å². The molecule has 1 heterocycles. The van der Waals surface area contributed by atoms with Gasteiger partial charge in [0.25, 0.3) is 5.56 Å². The van der Waals surface area contributed by atoms with Crippen molar-refractivity contribution in [3.8, 4) is 5.69 Å². The molecule has 4 rings (SSSR count). The molecule has 8 heteroatoms. The van der Waals surface area contributed by atoms with E-state index in [1.807, 2.05) is 37.3 Å². The minimum Gasteiger partial charge on any atom is -0.295 e. The van der Waals surface area contributed by atoms with E-state index >= 15 is 0 Å². The second-order valence-corrected chi connectivity index (χ2v) is 8.71. The molecule has 1 N–H and O–H groups in total. The lowest BCUT2D eigenvalue weighted by atomic mass is 10.1. The van der Waals surface area contributed by atoms with Gasteiger partial charge in [0, 0.05) is 5.02 Å². The molecule has 3 aromatic carbocycles. The molecule has 0 unspecified atom stereocenters. The van der Waals surface area contributed by atoms with Crippen LogP contribution in [0.15, 0.2) is 82.7 Å². The molecule has 0 atom stereocenters. The highest BCUT2D eigenvalue weighted by molar-refractivity contribution is 7.99. The summed E-state index contributed by atoms with van der Waals surface area (Å²) in [5, 5.41) is 3.72. The highest BCUT2D eigenvalue weighted by Gasteiger charge is 2.17. The molecule has 33 heavy (non-hydrogen) atoms. The van der Waals surface area contributed by atoms with E-state index in [0.29, 0.717) is 26.8 Å². The van der Waals surface area contributed by atoms with Crippen LogP contribution in [0.1, 0.15) is 11.1 Å². The summed E-state index contributed by atoms with van der Waals surface area (Å²) in [6.45, 7) is 1.82. The highest BCUT2D eigenvalue weighted by atomic mass is 35.5. The standard InChI is InChI=1S/C25H20ClN3O3S/c1-16-19(26)11-7-13-21(16)29-24(32)18-10-5-6-12-20(18)27-25(29)33-15-23(31)28-22(30)14-17-8-3-2-4-9-17/h2-13H,14-15H2,1H3,(H,28,30,31). The van der Waals surface area contributed by atoms with Crippen molar-refractivity contribution in [1.29, 1.82) is 0 Å². The number of hydrogen-bond acceptors (Lipinski definition) is 5. The van der Waals surface area contributed by atoms with Crippen LogP contribution < -0.4 is 10.9 Å². The van der Waals surface area contributed by atoms with Gasteiger partial charge in [0.05, 0.1) is 28.8 Å². The van der Waals surface area contributed by atoms with Crippen LogP contribution in [-0.4, -0.2) is 27.1 Å². The Hall–Kier alpha value is -3.42. The van der Waals surface area contributed by atoms with Crippen LogP contribution in [-0.2, 0) is 16.0 Å². The number of aromatic nitrogens is 2. The minimum atomic E-state index is -0.460. The van der Waals surface area contributed by atoms with Crippen LogP contribution in [0, 0.1) is 6.92 Å². The molecule has 6 nitrogen and oxygen atoms in total. The molecule has 166 valence electrons. The molecule has 0 fully saturated rings. The zero-order valence-electron chi connectivity index (χ0n) is 17.7. The molecule has 2 amide bonds. The number of nitrogens with zero attached hydrogens (tertiary/aromatic N) is 2. The maximum atomic E-state index is 13.4. The summed E-state index contributed by atoms with van der Waals surface area (Å²) >= 11 is 7.38. The number of carbonyl (C=O) groups is 2. The predicted molar refractivity (Wildman–Crippen MR) is 131 cm³/mol. The van der Waals surface area contributed by atoms with Gasteiger partial charge < -0.3 is 0 Å². The Bertz CT molecular complexity index is 1400. The molecule has 4 aromatic rings. The summed E-state index contributed by atoms with van der Waals surface area (Å²) in [5.74, 6) is -0.927. The van der Waals surface area contributed by atoms with Crippen LogP contribution in [0.25, 0.3) is 16.6 Å². The fraction of sp³-hybridized carbons (Fsp3) is 0.120. The van der Waals surface area contributed by atoms with E-state index < -0.39 is 5.91 Å². The van der Waals surface area contributed by atoms with Gasteiger partial charge in [-0.3, -0.25) is 24.3 Å². The number of halogens is 1. The summed E-state index contributed by atoms with van der Waals surface area (Å²) in [5.41, 5.74) is 2.41. The lowest BCUT2D eigenvalue weighted by Gasteiger charge is -2.15. The summed E-state index contributed by atoms with van der Waals surface area (Å²) in [4.78, 5) is 42.6. The van der Waals surface area contributed by atoms with E-state index in [9.17, 15) is 14.4 Å². The summed E-state index contributed by atoms with van der Waals surface area (Å²) < 4.78 is 1.47. The number of rotatable bonds is 6. The molecular weight excluding hydrogens is 458 g/mol. The summed E-state index contributed by atoms with van der Waals surface area (Å²) in [6, 6.07) is 21.5. The zero-order valence-corrected chi connectivity index (χ0v) is 19.3. The number of fused-ring (bicyclic) bond motifs is 1. The van der Waals surface area contributed by atoms with Crippen LogP contribution >= 0.6 is 23.4 Å². The van der Waals surface area contributed by atoms with Crippen molar-refractivity contribution < 1.29 is 9.59 Å². The number of carbonyl (C=O) groups excluding carboxylic acids is 2. The Labute approximate surface area is 199 Å². The molecule has 0 aliphatic rings. The zero-order chi connectivity index (χ0) is 23.4. The summed E-state index contributed by atoms with van der Waals surface area (Å²) in [6.07, 6.45) is 0.109. The number of benzene rings is 3. The third-order valence-corrected chi connectivity index (χ3v) is 6.39. The normalized spacial score (nSPS) is 10.8. The number of hydrogen-bond donors (Lipinski definition) is 1. The molecular formula is C25H20ClN3O3S. The Morgan fingerprint density at radius 2 is 1.70 bits per heavy atom. The average Bonchev–Trinajstić information content (AvgIpc) is 2.81. The van der Waals surface area contributed by atoms with Crippen molar-refractivity contribution in [3.63, 3.8) is 0 Å². The van der Waals surface area contributed by atoms with Gasteiger partial charge in [-0.1, -0.05) is 71.9 Å². The first-order valence-corrected chi connectivity index (χ1v) is 11.6. The van der Waals surface area contributed by atoms with E-state index in [1.54, 1.807) is 42.5 Å². The second kappa shape index (κ2) is 10.0. The van der Waals surface area contributed by atoms with Crippen molar-refractivity contribution in [1.82, 2.24) is 14.9 Å². The van der Waals surface area contributed by atoms with Gasteiger partial charge >= 0.3 is 0 Å². The maximum absolute atomic E-state index is 13.4. The second-order valence-electron chi connectivity index (χ2n) is 7.36. The van der Waals surface area contributed by atoms with Crippen molar-refractivity contribution in [2.45, 2.75) is 18.5 Å². The number of imide groups is 1. The van der Waals surface area contributed by atoms with Gasteiger partial charge in [-0.25, -0.2) is 4.98 Å². The first kappa shape index (κ1) is 22.8. The van der Waals surface area contributed by atoms with Gasteiger partial charge in [-0.15, -0.1) is 0 Å². The van der Waals surface area contributed by atoms with Gasteiger partial charge in [-0.05, 0) is 42.3 Å². The monoisotopic (exact) mass is 477 g/mol. The minimum absolute atomic E-state index is 0.0784. The van der Waals surface area contributed by atoms with Crippen LogP contribution in [0.2, 0.25) is 5.02 Å². The lowest BCUT2D eigenvalue weighted by molar-refractivity contribution is -0.128. The van der Waals surface area contributed by atoms with Crippen LogP contribution in [0.5, 0.6) is 0 Å². The Kier molecular flexibility index (Phi) is 6.91. The van der Waals surface area contributed by atoms with Crippen molar-refractivity contribution in [2.24, 2.45) is 0 Å². The van der Waals surface area contributed by atoms with Crippen molar-refractivity contribution in [2.75, 3.05) is 5.75 Å². The van der Waals surface area contributed by atoms with Crippen LogP contribution in [0.3, 0.4) is 0 Å². The van der Waals surface area contributed by atoms with Crippen molar-refractivity contribution >= 4 is 46.1 Å². The predicted octanol–water partition coefficient (Wildman–Crippen LogP) is 4.33. The van der Waals surface area contributed by atoms with Gasteiger partial charge in [0.15, 0.2) is 5.16 Å². The third-order valence-electron chi connectivity index (χ3n) is 5.04. The highest BCUT2D eigenvalue weighted by Crippen LogP contribution is 2.26. The molecule has 0 saturated heterocycles. The number of amides is 2. The van der Waals surface area contributed by atoms with E-state index in [4.69, 9.17) is 11.6 Å². The summed E-state index contributed by atoms with van der Waals surface area (Å²) in [7, 11) is 0. The first-order valence-electron chi connectivity index (χ1n) is 10.2. The van der Waals surface area contributed by atoms with E-state index in [0.717, 1.165) is 22.9 Å². The van der Waals surface area contributed by atoms with E-state index in [1.165, 1.54) is 4.57 Å². The smallest absolute Gasteiger partial charge is 0.266 e. The van der Waals surface area contributed by atoms with Crippen LogP contribution in [0.4, 0.5) is 0 Å². The molecule has 1 aromatic heterocycles. The molecule has 0 spiro atoms.